The summed E-state index contributed by atoms with van der Waals surface area (Å²) in [4.78, 5) is 13.9. The van der Waals surface area contributed by atoms with E-state index in [9.17, 15) is 4.79 Å². The van der Waals surface area contributed by atoms with E-state index in [0.29, 0.717) is 5.02 Å². The van der Waals surface area contributed by atoms with Gasteiger partial charge in [-0.25, -0.2) is 4.79 Å². The predicted octanol–water partition coefficient (Wildman–Crippen LogP) is 4.52. The molecule has 0 bridgehead atoms. The van der Waals surface area contributed by atoms with E-state index in [1.54, 1.807) is 12.1 Å². The number of nitrogens with zero attached hydrogens (tertiary/aromatic N) is 3. The minimum atomic E-state index is -1.04. The fourth-order valence-electron chi connectivity index (χ4n) is 2.93. The van der Waals surface area contributed by atoms with Gasteiger partial charge in [-0.15, -0.1) is 0 Å². The normalized spacial score (nSPS) is 22.9. The molecule has 0 heterocycles. The molecule has 112 valence electrons. The third-order valence-electron chi connectivity index (χ3n) is 3.91. The largest absolute Gasteiger partial charge is 0.465 e. The molecule has 7 heteroatoms. The van der Waals surface area contributed by atoms with E-state index in [-0.39, 0.29) is 18.0 Å². The lowest BCUT2D eigenvalue weighted by molar-refractivity contribution is 0.177. The monoisotopic (exact) mass is 308 g/mol. The Morgan fingerprint density at radius 1 is 1.43 bits per heavy atom. The molecule has 0 radical (unpaired) electrons. The molecule has 0 saturated heterocycles. The number of carboxylic acid groups (broad SMARTS) is 1. The number of hydrogen-bond donors (Lipinski definition) is 2. The van der Waals surface area contributed by atoms with E-state index < -0.39 is 6.09 Å². The fourth-order valence-corrected chi connectivity index (χ4v) is 3.13. The Hall–Kier alpha value is -1.91. The molecule has 1 aromatic carbocycles. The summed E-state index contributed by atoms with van der Waals surface area (Å²) in [5.74, 6) is 0.185. The van der Waals surface area contributed by atoms with Gasteiger partial charge in [0.2, 0.25) is 0 Å². The number of carbonyl (C=O) groups is 1. The van der Waals surface area contributed by atoms with E-state index in [4.69, 9.17) is 22.2 Å². The van der Waals surface area contributed by atoms with Crippen LogP contribution >= 0.6 is 11.6 Å². The highest BCUT2D eigenvalue weighted by atomic mass is 35.5. The minimum Gasteiger partial charge on any atom is -0.465 e. The van der Waals surface area contributed by atoms with Crippen LogP contribution in [0.5, 0.6) is 0 Å². The van der Waals surface area contributed by atoms with Crippen molar-refractivity contribution in [1.29, 1.82) is 0 Å². The van der Waals surface area contributed by atoms with Crippen LogP contribution < -0.4 is 5.32 Å². The summed E-state index contributed by atoms with van der Waals surface area (Å²) in [5.41, 5.74) is 9.35. The average Bonchev–Trinajstić information content (AvgIpc) is 2.46. The third-order valence-corrected chi connectivity index (χ3v) is 4.15. The van der Waals surface area contributed by atoms with Gasteiger partial charge in [0, 0.05) is 16.0 Å². The third kappa shape index (κ3) is 4.28. The first-order valence-corrected chi connectivity index (χ1v) is 7.27. The average molecular weight is 309 g/mol. The van der Waals surface area contributed by atoms with Gasteiger partial charge in [-0.05, 0) is 54.8 Å². The maximum Gasteiger partial charge on any atom is 0.405 e. The Kier molecular flexibility index (Phi) is 5.31. The van der Waals surface area contributed by atoms with Crippen LogP contribution in [0.15, 0.2) is 29.4 Å². The van der Waals surface area contributed by atoms with Gasteiger partial charge in [0.25, 0.3) is 0 Å². The number of amides is 1. The van der Waals surface area contributed by atoms with E-state index >= 15 is 0 Å². The van der Waals surface area contributed by atoms with E-state index in [2.05, 4.69) is 15.3 Å². The molecule has 1 unspecified atom stereocenters. The predicted molar refractivity (Wildman–Crippen MR) is 80.2 cm³/mol. The summed E-state index contributed by atoms with van der Waals surface area (Å²) in [6, 6.07) is 7.00. The Labute approximate surface area is 127 Å². The summed E-state index contributed by atoms with van der Waals surface area (Å²) in [6.07, 6.45) is 2.17. The van der Waals surface area contributed by atoms with Crippen molar-refractivity contribution in [1.82, 2.24) is 5.32 Å². The Morgan fingerprint density at radius 2 is 2.14 bits per heavy atom. The standard InChI is InChI=1S/C14H17ClN4O2/c15-11-3-1-2-10(8-11)13(17-14(20)21)9-4-6-12(7-5-9)18-19-16/h1-3,8-9,12-13,17H,4-7H2,(H,20,21). The summed E-state index contributed by atoms with van der Waals surface area (Å²) in [6.45, 7) is 0. The van der Waals surface area contributed by atoms with Crippen LogP contribution in [0.1, 0.15) is 37.3 Å². The quantitative estimate of drug-likeness (QED) is 0.485. The smallest absolute Gasteiger partial charge is 0.405 e. The minimum absolute atomic E-state index is 0.0242. The van der Waals surface area contributed by atoms with Crippen LogP contribution in [-0.4, -0.2) is 17.2 Å². The molecule has 0 spiro atoms. The van der Waals surface area contributed by atoms with Crippen molar-refractivity contribution in [3.8, 4) is 0 Å². The van der Waals surface area contributed by atoms with Crippen molar-refractivity contribution in [2.24, 2.45) is 11.0 Å². The SMILES string of the molecule is [N-]=[N+]=NC1CCC(C(NC(=O)O)c2cccc(Cl)c2)CC1. The molecular weight excluding hydrogens is 292 g/mol. The molecule has 1 aliphatic rings. The second-order valence-electron chi connectivity index (χ2n) is 5.26. The molecule has 1 aromatic rings. The fraction of sp³-hybridized carbons (Fsp3) is 0.500. The number of hydrogen-bond acceptors (Lipinski definition) is 2. The molecule has 0 aromatic heterocycles. The Morgan fingerprint density at radius 3 is 2.71 bits per heavy atom. The number of rotatable bonds is 4. The zero-order valence-electron chi connectivity index (χ0n) is 11.4. The number of nitrogens with one attached hydrogen (secondary N) is 1. The van der Waals surface area contributed by atoms with Crippen LogP contribution in [0.2, 0.25) is 5.02 Å². The highest BCUT2D eigenvalue weighted by molar-refractivity contribution is 6.30. The van der Waals surface area contributed by atoms with Crippen LogP contribution in [0.25, 0.3) is 10.4 Å². The van der Waals surface area contributed by atoms with Crippen molar-refractivity contribution in [3.63, 3.8) is 0 Å². The van der Waals surface area contributed by atoms with Crippen molar-refractivity contribution in [3.05, 3.63) is 45.3 Å². The zero-order chi connectivity index (χ0) is 15.2. The molecule has 1 saturated carbocycles. The van der Waals surface area contributed by atoms with Gasteiger partial charge >= 0.3 is 6.09 Å². The molecule has 2 N–H and O–H groups in total. The van der Waals surface area contributed by atoms with E-state index in [1.165, 1.54) is 0 Å². The number of benzene rings is 1. The summed E-state index contributed by atoms with van der Waals surface area (Å²) < 4.78 is 0. The van der Waals surface area contributed by atoms with Crippen LogP contribution in [0.4, 0.5) is 4.79 Å². The zero-order valence-corrected chi connectivity index (χ0v) is 12.2. The molecule has 1 atom stereocenters. The van der Waals surface area contributed by atoms with Crippen molar-refractivity contribution in [2.75, 3.05) is 0 Å². The molecule has 1 amide bonds. The first-order valence-electron chi connectivity index (χ1n) is 6.89. The van der Waals surface area contributed by atoms with Crippen molar-refractivity contribution >= 4 is 17.7 Å². The molecule has 1 fully saturated rings. The lowest BCUT2D eigenvalue weighted by Crippen LogP contribution is -2.34. The lowest BCUT2D eigenvalue weighted by Gasteiger charge is -2.32. The Balaban J connectivity index is 2.14. The highest BCUT2D eigenvalue weighted by Gasteiger charge is 2.29. The van der Waals surface area contributed by atoms with E-state index in [1.807, 2.05) is 12.1 Å². The molecule has 1 aliphatic carbocycles. The summed E-state index contributed by atoms with van der Waals surface area (Å²) >= 11 is 6.00. The summed E-state index contributed by atoms with van der Waals surface area (Å²) in [5, 5.41) is 16.0. The van der Waals surface area contributed by atoms with Gasteiger partial charge in [-0.2, -0.15) is 0 Å². The second-order valence-corrected chi connectivity index (χ2v) is 5.69. The van der Waals surface area contributed by atoms with Crippen LogP contribution in [-0.2, 0) is 0 Å². The lowest BCUT2D eigenvalue weighted by atomic mass is 9.79. The maximum absolute atomic E-state index is 11.1. The number of halogens is 1. The van der Waals surface area contributed by atoms with Crippen LogP contribution in [0, 0.1) is 5.92 Å². The van der Waals surface area contributed by atoms with Gasteiger partial charge < -0.3 is 10.4 Å². The summed E-state index contributed by atoms with van der Waals surface area (Å²) in [7, 11) is 0. The van der Waals surface area contributed by atoms with Gasteiger partial charge in [-0.1, -0.05) is 28.8 Å². The molecule has 21 heavy (non-hydrogen) atoms. The molecule has 0 aliphatic heterocycles. The van der Waals surface area contributed by atoms with Gasteiger partial charge in [0.15, 0.2) is 0 Å². The number of azide groups is 1. The van der Waals surface area contributed by atoms with E-state index in [0.717, 1.165) is 31.2 Å². The maximum atomic E-state index is 11.1. The highest BCUT2D eigenvalue weighted by Crippen LogP contribution is 2.36. The molecule has 2 rings (SSSR count). The van der Waals surface area contributed by atoms with Crippen molar-refractivity contribution in [2.45, 2.75) is 37.8 Å². The van der Waals surface area contributed by atoms with Gasteiger partial charge in [-0.3, -0.25) is 0 Å². The first-order chi connectivity index (χ1) is 10.1. The van der Waals surface area contributed by atoms with Gasteiger partial charge in [0.1, 0.15) is 0 Å². The molecular formula is C14H17ClN4O2. The van der Waals surface area contributed by atoms with Crippen LogP contribution in [0.3, 0.4) is 0 Å². The Bertz CT molecular complexity index is 552. The first kappa shape index (κ1) is 15.5. The molecule has 6 nitrogen and oxygen atoms in total. The second kappa shape index (κ2) is 7.20. The van der Waals surface area contributed by atoms with Crippen molar-refractivity contribution < 1.29 is 9.90 Å². The topological polar surface area (TPSA) is 98.1 Å². The van der Waals surface area contributed by atoms with Gasteiger partial charge in [0.05, 0.1) is 6.04 Å².